The minimum absolute atomic E-state index is 0.0546. The second kappa shape index (κ2) is 2.16. The summed E-state index contributed by atoms with van der Waals surface area (Å²) in [5.74, 6) is 0.219. The van der Waals surface area contributed by atoms with Crippen molar-refractivity contribution in [1.29, 1.82) is 0 Å². The molecule has 0 atom stereocenters. The highest BCUT2D eigenvalue weighted by molar-refractivity contribution is 6.07. The lowest BCUT2D eigenvalue weighted by molar-refractivity contribution is -0.118. The molecule has 2 aliphatic carbocycles. The summed E-state index contributed by atoms with van der Waals surface area (Å²) in [6, 6.07) is 0. The van der Waals surface area contributed by atoms with E-state index < -0.39 is 0 Å². The van der Waals surface area contributed by atoms with E-state index in [1.807, 2.05) is 0 Å². The molecule has 0 saturated carbocycles. The average molecular weight is 148 g/mol. The molecule has 0 unspecified atom stereocenters. The first-order chi connectivity index (χ1) is 5.27. The zero-order chi connectivity index (χ0) is 7.84. The molecular formula is C9H8O2. The van der Waals surface area contributed by atoms with Gasteiger partial charge in [-0.05, 0) is 18.1 Å². The topological polar surface area (TPSA) is 34.1 Å². The van der Waals surface area contributed by atoms with Crippen LogP contribution in [0.2, 0.25) is 0 Å². The molecule has 0 saturated heterocycles. The van der Waals surface area contributed by atoms with Crippen molar-refractivity contribution in [2.75, 3.05) is 0 Å². The Bertz CT molecular complexity index is 295. The molecule has 11 heavy (non-hydrogen) atoms. The molecular weight excluding hydrogens is 140 g/mol. The van der Waals surface area contributed by atoms with Crippen molar-refractivity contribution in [3.8, 4) is 0 Å². The van der Waals surface area contributed by atoms with Gasteiger partial charge in [-0.3, -0.25) is 9.59 Å². The number of carbonyl (C=O) groups is 2. The van der Waals surface area contributed by atoms with Crippen LogP contribution in [0.1, 0.15) is 19.3 Å². The van der Waals surface area contributed by atoms with Crippen LogP contribution in [0.15, 0.2) is 23.3 Å². The summed E-state index contributed by atoms with van der Waals surface area (Å²) in [4.78, 5) is 22.0. The van der Waals surface area contributed by atoms with Crippen molar-refractivity contribution in [1.82, 2.24) is 0 Å². The molecule has 0 amide bonds. The van der Waals surface area contributed by atoms with Crippen LogP contribution in [-0.4, -0.2) is 11.6 Å². The maximum absolute atomic E-state index is 11.1. The number of Topliss-reactive ketones (excluding diaryl/α,β-unsaturated/α-hetero) is 1. The first-order valence-electron chi connectivity index (χ1n) is 3.73. The predicted molar refractivity (Wildman–Crippen MR) is 40.0 cm³/mol. The van der Waals surface area contributed by atoms with E-state index in [4.69, 9.17) is 0 Å². The third-order valence-electron chi connectivity index (χ3n) is 2.17. The van der Waals surface area contributed by atoms with Crippen LogP contribution in [0.5, 0.6) is 0 Å². The molecule has 0 aliphatic heterocycles. The van der Waals surface area contributed by atoms with Gasteiger partial charge in [0.1, 0.15) is 0 Å². The van der Waals surface area contributed by atoms with Crippen LogP contribution in [-0.2, 0) is 9.59 Å². The van der Waals surface area contributed by atoms with E-state index in [1.54, 1.807) is 12.2 Å². The summed E-state index contributed by atoms with van der Waals surface area (Å²) >= 11 is 0. The van der Waals surface area contributed by atoms with E-state index in [-0.39, 0.29) is 11.6 Å². The van der Waals surface area contributed by atoms with E-state index >= 15 is 0 Å². The fraction of sp³-hybridized carbons (Fsp3) is 0.333. The van der Waals surface area contributed by atoms with Gasteiger partial charge in [-0.15, -0.1) is 0 Å². The van der Waals surface area contributed by atoms with Crippen LogP contribution in [0, 0.1) is 0 Å². The standard InChI is InChI=1S/C9H8O2/c10-7-3-1-6-2-4-9(11)8(6)5-7/h1,3H,2,4-5H2. The predicted octanol–water partition coefficient (Wildman–Crippen LogP) is 1.17. The first kappa shape index (κ1) is 6.53. The van der Waals surface area contributed by atoms with Crippen LogP contribution in [0.3, 0.4) is 0 Å². The summed E-state index contributed by atoms with van der Waals surface area (Å²) in [5, 5.41) is 0. The molecule has 0 heterocycles. The SMILES string of the molecule is O=C1C=CC2=C(C1)C(=O)CC2. The molecule has 0 aromatic heterocycles. The number of ketones is 2. The van der Waals surface area contributed by atoms with Crippen molar-refractivity contribution in [3.63, 3.8) is 0 Å². The van der Waals surface area contributed by atoms with Gasteiger partial charge in [-0.1, -0.05) is 6.08 Å². The van der Waals surface area contributed by atoms with Gasteiger partial charge < -0.3 is 0 Å². The molecule has 0 N–H and O–H groups in total. The van der Waals surface area contributed by atoms with Gasteiger partial charge in [-0.2, -0.15) is 0 Å². The van der Waals surface area contributed by atoms with Gasteiger partial charge >= 0.3 is 0 Å². The Morgan fingerprint density at radius 2 is 1.91 bits per heavy atom. The molecule has 0 aromatic carbocycles. The highest BCUT2D eigenvalue weighted by atomic mass is 16.1. The van der Waals surface area contributed by atoms with E-state index in [2.05, 4.69) is 0 Å². The van der Waals surface area contributed by atoms with Crippen LogP contribution >= 0.6 is 0 Å². The third kappa shape index (κ3) is 0.946. The largest absolute Gasteiger partial charge is 0.295 e. The van der Waals surface area contributed by atoms with Crippen molar-refractivity contribution in [2.24, 2.45) is 0 Å². The van der Waals surface area contributed by atoms with E-state index in [1.165, 1.54) is 0 Å². The Morgan fingerprint density at radius 3 is 2.73 bits per heavy atom. The normalized spacial score (nSPS) is 22.9. The third-order valence-corrected chi connectivity index (χ3v) is 2.17. The molecule has 0 bridgehead atoms. The van der Waals surface area contributed by atoms with Gasteiger partial charge in [0.05, 0.1) is 0 Å². The van der Waals surface area contributed by atoms with E-state index in [0.29, 0.717) is 12.8 Å². The average Bonchev–Trinajstić information content (AvgIpc) is 2.33. The molecule has 0 spiro atoms. The molecule has 2 nitrogen and oxygen atoms in total. The number of carbonyl (C=O) groups excluding carboxylic acids is 2. The summed E-state index contributed by atoms with van der Waals surface area (Å²) in [6.45, 7) is 0. The maximum Gasteiger partial charge on any atom is 0.160 e. The Kier molecular flexibility index (Phi) is 1.28. The number of hydrogen-bond donors (Lipinski definition) is 0. The summed E-state index contributed by atoms with van der Waals surface area (Å²) in [5.41, 5.74) is 1.84. The molecule has 2 rings (SSSR count). The molecule has 56 valence electrons. The van der Waals surface area contributed by atoms with Gasteiger partial charge in [0.25, 0.3) is 0 Å². The van der Waals surface area contributed by atoms with Crippen molar-refractivity contribution in [2.45, 2.75) is 19.3 Å². The number of hydrogen-bond acceptors (Lipinski definition) is 2. The molecule has 0 aromatic rings. The Balaban J connectivity index is 2.40. The molecule has 2 heteroatoms. The van der Waals surface area contributed by atoms with Gasteiger partial charge in [0.15, 0.2) is 11.6 Å². The summed E-state index contributed by atoms with van der Waals surface area (Å²) < 4.78 is 0. The van der Waals surface area contributed by atoms with Gasteiger partial charge in [0.2, 0.25) is 0 Å². The Morgan fingerprint density at radius 1 is 1.09 bits per heavy atom. The summed E-state index contributed by atoms with van der Waals surface area (Å²) in [6.07, 6.45) is 5.12. The fourth-order valence-corrected chi connectivity index (χ4v) is 1.55. The number of rotatable bonds is 0. The quantitative estimate of drug-likeness (QED) is 0.516. The minimum atomic E-state index is 0.0546. The minimum Gasteiger partial charge on any atom is -0.295 e. The van der Waals surface area contributed by atoms with Crippen LogP contribution < -0.4 is 0 Å². The number of allylic oxidation sites excluding steroid dienone is 4. The summed E-state index contributed by atoms with van der Waals surface area (Å²) in [7, 11) is 0. The Hall–Kier alpha value is -1.18. The fourth-order valence-electron chi connectivity index (χ4n) is 1.55. The maximum atomic E-state index is 11.1. The van der Waals surface area contributed by atoms with Gasteiger partial charge in [0, 0.05) is 18.4 Å². The zero-order valence-corrected chi connectivity index (χ0v) is 6.09. The second-order valence-electron chi connectivity index (χ2n) is 2.90. The highest BCUT2D eigenvalue weighted by Gasteiger charge is 2.24. The van der Waals surface area contributed by atoms with Crippen molar-refractivity contribution < 1.29 is 9.59 Å². The Labute approximate surface area is 64.6 Å². The lowest BCUT2D eigenvalue weighted by atomic mass is 9.99. The lowest BCUT2D eigenvalue weighted by Gasteiger charge is -2.04. The second-order valence-corrected chi connectivity index (χ2v) is 2.90. The lowest BCUT2D eigenvalue weighted by Crippen LogP contribution is -2.05. The molecule has 0 radical (unpaired) electrons. The van der Waals surface area contributed by atoms with Crippen LogP contribution in [0.4, 0.5) is 0 Å². The molecule has 0 fully saturated rings. The van der Waals surface area contributed by atoms with Gasteiger partial charge in [-0.25, -0.2) is 0 Å². The first-order valence-corrected chi connectivity index (χ1v) is 3.73. The van der Waals surface area contributed by atoms with E-state index in [9.17, 15) is 9.59 Å². The van der Waals surface area contributed by atoms with Crippen molar-refractivity contribution in [3.05, 3.63) is 23.3 Å². The van der Waals surface area contributed by atoms with E-state index in [0.717, 1.165) is 17.6 Å². The smallest absolute Gasteiger partial charge is 0.160 e. The molecule has 2 aliphatic rings. The highest BCUT2D eigenvalue weighted by Crippen LogP contribution is 2.29. The zero-order valence-electron chi connectivity index (χ0n) is 6.09. The van der Waals surface area contributed by atoms with Crippen LogP contribution in [0.25, 0.3) is 0 Å². The van der Waals surface area contributed by atoms with Crippen molar-refractivity contribution >= 4 is 11.6 Å². The monoisotopic (exact) mass is 148 g/mol.